The summed E-state index contributed by atoms with van der Waals surface area (Å²) in [7, 11) is 0. The van der Waals surface area contributed by atoms with Crippen molar-refractivity contribution in [1.29, 1.82) is 0 Å². The lowest BCUT2D eigenvalue weighted by molar-refractivity contribution is -0.129. The topological polar surface area (TPSA) is 85.9 Å². The maximum absolute atomic E-state index is 12.2. The Balaban J connectivity index is 1.41. The molecule has 0 radical (unpaired) electrons. The molecule has 27 heavy (non-hydrogen) atoms. The summed E-state index contributed by atoms with van der Waals surface area (Å²) < 4.78 is 15.9. The molecule has 0 bridgehead atoms. The number of rotatable bonds is 7. The molecule has 0 unspecified atom stereocenters. The van der Waals surface area contributed by atoms with Crippen molar-refractivity contribution in [2.75, 3.05) is 13.4 Å². The van der Waals surface area contributed by atoms with Gasteiger partial charge >= 0.3 is 0 Å². The SMILES string of the molecule is C[C@H](NC(=O)COc1ccc(Cl)cc1)C(=O)NCc1ccc2c(c1)OCO2. The van der Waals surface area contributed by atoms with Crippen LogP contribution in [-0.4, -0.2) is 31.3 Å². The molecule has 142 valence electrons. The van der Waals surface area contributed by atoms with Crippen molar-refractivity contribution in [3.63, 3.8) is 0 Å². The van der Waals surface area contributed by atoms with Crippen LogP contribution in [0.15, 0.2) is 42.5 Å². The average molecular weight is 391 g/mol. The molecule has 0 fully saturated rings. The van der Waals surface area contributed by atoms with Crippen molar-refractivity contribution >= 4 is 23.4 Å². The number of hydrogen-bond donors (Lipinski definition) is 2. The van der Waals surface area contributed by atoms with Gasteiger partial charge in [0.2, 0.25) is 12.7 Å². The van der Waals surface area contributed by atoms with Gasteiger partial charge in [0.25, 0.3) is 5.91 Å². The highest BCUT2D eigenvalue weighted by Crippen LogP contribution is 2.32. The minimum atomic E-state index is -0.694. The number of carbonyl (C=O) groups is 2. The molecule has 1 heterocycles. The Bertz CT molecular complexity index is 825. The molecule has 2 N–H and O–H groups in total. The van der Waals surface area contributed by atoms with Crippen LogP contribution in [0.5, 0.6) is 17.2 Å². The highest BCUT2D eigenvalue weighted by molar-refractivity contribution is 6.30. The van der Waals surface area contributed by atoms with Crippen LogP contribution in [0, 0.1) is 0 Å². The minimum absolute atomic E-state index is 0.193. The van der Waals surface area contributed by atoms with Gasteiger partial charge in [-0.1, -0.05) is 17.7 Å². The molecule has 0 spiro atoms. The quantitative estimate of drug-likeness (QED) is 0.757. The van der Waals surface area contributed by atoms with Gasteiger partial charge in [-0.15, -0.1) is 0 Å². The molecule has 0 saturated heterocycles. The van der Waals surface area contributed by atoms with Crippen LogP contribution in [0.4, 0.5) is 0 Å². The third-order valence-corrected chi connectivity index (χ3v) is 4.11. The Morgan fingerprint density at radius 2 is 1.89 bits per heavy atom. The molecule has 0 saturated carbocycles. The van der Waals surface area contributed by atoms with E-state index in [1.165, 1.54) is 0 Å². The van der Waals surface area contributed by atoms with Gasteiger partial charge in [-0.3, -0.25) is 9.59 Å². The summed E-state index contributed by atoms with van der Waals surface area (Å²) in [5.41, 5.74) is 0.872. The molecule has 2 amide bonds. The van der Waals surface area contributed by atoms with E-state index in [0.717, 1.165) is 5.56 Å². The van der Waals surface area contributed by atoms with Crippen molar-refractivity contribution in [3.8, 4) is 17.2 Å². The lowest BCUT2D eigenvalue weighted by Gasteiger charge is -2.14. The van der Waals surface area contributed by atoms with Crippen molar-refractivity contribution in [2.45, 2.75) is 19.5 Å². The zero-order chi connectivity index (χ0) is 19.2. The molecular weight excluding hydrogens is 372 g/mol. The van der Waals surface area contributed by atoms with E-state index in [4.69, 9.17) is 25.8 Å². The van der Waals surface area contributed by atoms with Crippen LogP contribution < -0.4 is 24.8 Å². The second-order valence-corrected chi connectivity index (χ2v) is 6.37. The first kappa shape index (κ1) is 18.8. The van der Waals surface area contributed by atoms with Crippen molar-refractivity contribution < 1.29 is 23.8 Å². The second-order valence-electron chi connectivity index (χ2n) is 5.94. The third-order valence-electron chi connectivity index (χ3n) is 3.86. The number of amides is 2. The Labute approximate surface area is 161 Å². The summed E-state index contributed by atoms with van der Waals surface area (Å²) in [5.74, 6) is 1.17. The number of carbonyl (C=O) groups excluding carboxylic acids is 2. The van der Waals surface area contributed by atoms with Crippen molar-refractivity contribution in [3.05, 3.63) is 53.1 Å². The summed E-state index contributed by atoms with van der Waals surface area (Å²) in [4.78, 5) is 24.1. The lowest BCUT2D eigenvalue weighted by Crippen LogP contribution is -2.46. The minimum Gasteiger partial charge on any atom is -0.484 e. The van der Waals surface area contributed by atoms with Gasteiger partial charge in [-0.05, 0) is 48.9 Å². The van der Waals surface area contributed by atoms with Crippen molar-refractivity contribution in [1.82, 2.24) is 10.6 Å². The number of hydrogen-bond acceptors (Lipinski definition) is 5. The number of nitrogens with one attached hydrogen (secondary N) is 2. The zero-order valence-corrected chi connectivity index (χ0v) is 15.4. The van der Waals surface area contributed by atoms with Gasteiger partial charge in [0, 0.05) is 11.6 Å². The van der Waals surface area contributed by atoms with Crippen LogP contribution in [0.25, 0.3) is 0 Å². The molecule has 2 aromatic rings. The monoisotopic (exact) mass is 390 g/mol. The summed E-state index contributed by atoms with van der Waals surface area (Å²) in [6.07, 6.45) is 0. The molecule has 1 aliphatic rings. The van der Waals surface area contributed by atoms with Gasteiger partial charge in [0.05, 0.1) is 0 Å². The number of fused-ring (bicyclic) bond motifs is 1. The normalized spacial score (nSPS) is 13.0. The predicted molar refractivity (Wildman–Crippen MR) is 99.0 cm³/mol. The van der Waals surface area contributed by atoms with E-state index >= 15 is 0 Å². The fraction of sp³-hybridized carbons (Fsp3) is 0.263. The number of ether oxygens (including phenoxy) is 3. The van der Waals surface area contributed by atoms with Gasteiger partial charge in [0.15, 0.2) is 18.1 Å². The summed E-state index contributed by atoms with van der Waals surface area (Å²) in [6.45, 7) is 1.93. The summed E-state index contributed by atoms with van der Waals surface area (Å²) in [6, 6.07) is 11.4. The fourth-order valence-corrected chi connectivity index (χ4v) is 2.55. The molecule has 0 aliphatic carbocycles. The number of halogens is 1. The first-order chi connectivity index (χ1) is 13.0. The van der Waals surface area contributed by atoms with E-state index in [1.54, 1.807) is 37.3 Å². The lowest BCUT2D eigenvalue weighted by atomic mass is 10.2. The molecule has 0 aromatic heterocycles. The first-order valence-electron chi connectivity index (χ1n) is 8.35. The third kappa shape index (κ3) is 5.27. The zero-order valence-electron chi connectivity index (χ0n) is 14.7. The van der Waals surface area contributed by atoms with Crippen LogP contribution in [0.3, 0.4) is 0 Å². The van der Waals surface area contributed by atoms with Gasteiger partial charge in [-0.25, -0.2) is 0 Å². The van der Waals surface area contributed by atoms with Crippen molar-refractivity contribution in [2.24, 2.45) is 0 Å². The van der Waals surface area contributed by atoms with Gasteiger partial charge in [0.1, 0.15) is 11.8 Å². The van der Waals surface area contributed by atoms with E-state index in [2.05, 4.69) is 10.6 Å². The molecule has 7 nitrogen and oxygen atoms in total. The van der Waals surface area contributed by atoms with Crippen LogP contribution in [0.2, 0.25) is 5.02 Å². The van der Waals surface area contributed by atoms with Gasteiger partial charge in [-0.2, -0.15) is 0 Å². The molecule has 3 rings (SSSR count). The molecule has 1 atom stereocenters. The Morgan fingerprint density at radius 1 is 1.15 bits per heavy atom. The van der Waals surface area contributed by atoms with E-state index in [-0.39, 0.29) is 19.3 Å². The Morgan fingerprint density at radius 3 is 2.67 bits per heavy atom. The molecule has 8 heteroatoms. The van der Waals surface area contributed by atoms with Crippen LogP contribution in [-0.2, 0) is 16.1 Å². The first-order valence-corrected chi connectivity index (χ1v) is 8.73. The van der Waals surface area contributed by atoms with Crippen LogP contribution >= 0.6 is 11.6 Å². The smallest absolute Gasteiger partial charge is 0.258 e. The Kier molecular flexibility index (Phi) is 6.03. The maximum Gasteiger partial charge on any atom is 0.258 e. The fourth-order valence-electron chi connectivity index (χ4n) is 2.42. The Hall–Kier alpha value is -2.93. The summed E-state index contributed by atoms with van der Waals surface area (Å²) >= 11 is 5.79. The molecule has 2 aromatic carbocycles. The van der Waals surface area contributed by atoms with E-state index in [0.29, 0.717) is 28.8 Å². The summed E-state index contributed by atoms with van der Waals surface area (Å²) in [5, 5.41) is 5.95. The maximum atomic E-state index is 12.2. The highest BCUT2D eigenvalue weighted by atomic mass is 35.5. The average Bonchev–Trinajstić information content (AvgIpc) is 3.13. The standard InChI is InChI=1S/C19H19ClN2O5/c1-12(22-18(23)10-25-15-5-3-14(20)4-6-15)19(24)21-9-13-2-7-16-17(8-13)27-11-26-16/h2-8,12H,9-11H2,1H3,(H,21,24)(H,22,23)/t12-/m0/s1. The molecule has 1 aliphatic heterocycles. The molecular formula is C19H19ClN2O5. The van der Waals surface area contributed by atoms with Gasteiger partial charge < -0.3 is 24.8 Å². The van der Waals surface area contributed by atoms with E-state index in [1.807, 2.05) is 12.1 Å². The van der Waals surface area contributed by atoms with E-state index < -0.39 is 11.9 Å². The number of benzene rings is 2. The highest BCUT2D eigenvalue weighted by Gasteiger charge is 2.17. The predicted octanol–water partition coefficient (Wildman–Crippen LogP) is 2.27. The van der Waals surface area contributed by atoms with Crippen LogP contribution in [0.1, 0.15) is 12.5 Å². The second kappa shape index (κ2) is 8.64. The largest absolute Gasteiger partial charge is 0.484 e. The van der Waals surface area contributed by atoms with E-state index in [9.17, 15) is 9.59 Å².